The SMILES string of the molecule is CCN1CCN(c2ccc(NC(=O)c3sc4nc(C(C)(C)C)nc(C)c4c3C)cc2C)CC1. The molecule has 4 rings (SSSR count). The van der Waals surface area contributed by atoms with Gasteiger partial charge in [-0.1, -0.05) is 27.7 Å². The van der Waals surface area contributed by atoms with Gasteiger partial charge in [0.05, 0.1) is 10.6 Å². The number of hydrogen-bond donors (Lipinski definition) is 1. The maximum Gasteiger partial charge on any atom is 0.266 e. The first-order valence-corrected chi connectivity index (χ1v) is 12.6. The van der Waals surface area contributed by atoms with E-state index < -0.39 is 0 Å². The summed E-state index contributed by atoms with van der Waals surface area (Å²) in [5, 5.41) is 4.10. The van der Waals surface area contributed by atoms with Crippen LogP contribution in [-0.2, 0) is 5.41 Å². The molecule has 3 heterocycles. The first-order valence-electron chi connectivity index (χ1n) is 11.8. The third-order valence-corrected chi connectivity index (χ3v) is 7.65. The van der Waals surface area contributed by atoms with Crippen LogP contribution < -0.4 is 10.2 Å². The van der Waals surface area contributed by atoms with Crippen molar-refractivity contribution in [3.05, 3.63) is 45.7 Å². The van der Waals surface area contributed by atoms with E-state index in [2.05, 4.69) is 61.9 Å². The summed E-state index contributed by atoms with van der Waals surface area (Å²) < 4.78 is 0. The minimum Gasteiger partial charge on any atom is -0.369 e. The van der Waals surface area contributed by atoms with Gasteiger partial charge in [-0.3, -0.25) is 4.79 Å². The molecule has 1 amide bonds. The molecule has 7 heteroatoms. The lowest BCUT2D eigenvalue weighted by atomic mass is 9.95. The van der Waals surface area contributed by atoms with Crippen molar-refractivity contribution in [3.63, 3.8) is 0 Å². The van der Waals surface area contributed by atoms with E-state index in [-0.39, 0.29) is 11.3 Å². The Morgan fingerprint density at radius 2 is 1.79 bits per heavy atom. The molecule has 0 unspecified atom stereocenters. The molecule has 1 aliphatic rings. The Hall–Kier alpha value is -2.51. The number of carbonyl (C=O) groups is 1. The Balaban J connectivity index is 1.55. The zero-order valence-electron chi connectivity index (χ0n) is 20.9. The lowest BCUT2D eigenvalue weighted by molar-refractivity contribution is 0.103. The second-order valence-electron chi connectivity index (χ2n) is 10.00. The van der Waals surface area contributed by atoms with Crippen molar-refractivity contribution >= 4 is 38.8 Å². The van der Waals surface area contributed by atoms with Crippen LogP contribution >= 0.6 is 11.3 Å². The van der Waals surface area contributed by atoms with E-state index in [1.807, 2.05) is 19.9 Å². The molecule has 33 heavy (non-hydrogen) atoms. The molecule has 1 aliphatic heterocycles. The maximum atomic E-state index is 13.2. The van der Waals surface area contributed by atoms with Crippen LogP contribution in [0.2, 0.25) is 0 Å². The number of aryl methyl sites for hydroxylation is 3. The number of anilines is 2. The molecule has 0 radical (unpaired) electrons. The third kappa shape index (κ3) is 4.75. The molecule has 0 saturated carbocycles. The Bertz CT molecular complexity index is 1190. The van der Waals surface area contributed by atoms with Crippen molar-refractivity contribution in [3.8, 4) is 0 Å². The fourth-order valence-electron chi connectivity index (χ4n) is 4.47. The van der Waals surface area contributed by atoms with E-state index >= 15 is 0 Å². The first kappa shape index (κ1) is 23.6. The second kappa shape index (κ2) is 9.03. The Kier molecular flexibility index (Phi) is 6.47. The highest BCUT2D eigenvalue weighted by Gasteiger charge is 2.24. The monoisotopic (exact) mass is 465 g/mol. The number of aromatic nitrogens is 2. The van der Waals surface area contributed by atoms with Gasteiger partial charge in [0.1, 0.15) is 10.7 Å². The number of thiophene rings is 1. The van der Waals surface area contributed by atoms with E-state index in [0.29, 0.717) is 4.88 Å². The number of benzene rings is 1. The molecule has 2 aromatic heterocycles. The molecule has 1 fully saturated rings. The van der Waals surface area contributed by atoms with E-state index in [9.17, 15) is 4.79 Å². The zero-order valence-corrected chi connectivity index (χ0v) is 21.7. The molecular formula is C26H35N5OS. The van der Waals surface area contributed by atoms with Crippen LogP contribution in [0.3, 0.4) is 0 Å². The van der Waals surface area contributed by atoms with Crippen molar-refractivity contribution in [2.75, 3.05) is 42.9 Å². The minimum absolute atomic E-state index is 0.0871. The molecule has 1 aromatic carbocycles. The smallest absolute Gasteiger partial charge is 0.266 e. The van der Waals surface area contributed by atoms with Gasteiger partial charge in [0.25, 0.3) is 5.91 Å². The highest BCUT2D eigenvalue weighted by Crippen LogP contribution is 2.34. The third-order valence-electron chi connectivity index (χ3n) is 6.46. The fraction of sp³-hybridized carbons (Fsp3) is 0.500. The van der Waals surface area contributed by atoms with Gasteiger partial charge in [0.15, 0.2) is 0 Å². The largest absolute Gasteiger partial charge is 0.369 e. The molecule has 3 aromatic rings. The van der Waals surface area contributed by atoms with Crippen LogP contribution in [-0.4, -0.2) is 53.5 Å². The highest BCUT2D eigenvalue weighted by atomic mass is 32.1. The number of nitrogens with zero attached hydrogens (tertiary/aromatic N) is 4. The van der Waals surface area contributed by atoms with Crippen molar-refractivity contribution in [1.82, 2.24) is 14.9 Å². The first-order chi connectivity index (χ1) is 15.6. The zero-order chi connectivity index (χ0) is 23.9. The van der Waals surface area contributed by atoms with Gasteiger partial charge in [-0.05, 0) is 56.6 Å². The van der Waals surface area contributed by atoms with Crippen molar-refractivity contribution in [1.29, 1.82) is 0 Å². The van der Waals surface area contributed by atoms with Crippen LogP contribution in [0.15, 0.2) is 18.2 Å². The Labute approximate surface area is 201 Å². The summed E-state index contributed by atoms with van der Waals surface area (Å²) in [7, 11) is 0. The van der Waals surface area contributed by atoms with Crippen LogP contribution in [0, 0.1) is 20.8 Å². The van der Waals surface area contributed by atoms with Crippen molar-refractivity contribution < 1.29 is 4.79 Å². The van der Waals surface area contributed by atoms with Crippen LogP contribution in [0.1, 0.15) is 60.0 Å². The number of carbonyl (C=O) groups excluding carboxylic acids is 1. The summed E-state index contributed by atoms with van der Waals surface area (Å²) in [6.45, 7) is 20.0. The summed E-state index contributed by atoms with van der Waals surface area (Å²) in [4.78, 5) is 29.2. The minimum atomic E-state index is -0.137. The predicted octanol–water partition coefficient (Wildman–Crippen LogP) is 5.31. The van der Waals surface area contributed by atoms with Gasteiger partial charge in [0, 0.05) is 48.4 Å². The molecule has 0 spiro atoms. The Morgan fingerprint density at radius 3 is 2.39 bits per heavy atom. The molecular weight excluding hydrogens is 430 g/mol. The standard InChI is InChI=1S/C26H35N5OS/c1-8-30-11-13-31(14-12-30)20-10-9-19(15-16(20)2)28-23(32)22-17(3)21-18(4)27-25(26(5,6)7)29-24(21)33-22/h9-10,15H,8,11-14H2,1-7H3,(H,28,32). The Morgan fingerprint density at radius 1 is 1.09 bits per heavy atom. The van der Waals surface area contributed by atoms with E-state index in [1.165, 1.54) is 22.6 Å². The van der Waals surface area contributed by atoms with Crippen LogP contribution in [0.5, 0.6) is 0 Å². The van der Waals surface area contributed by atoms with E-state index in [1.54, 1.807) is 0 Å². The highest BCUT2D eigenvalue weighted by molar-refractivity contribution is 7.20. The van der Waals surface area contributed by atoms with Gasteiger partial charge in [-0.2, -0.15) is 0 Å². The summed E-state index contributed by atoms with van der Waals surface area (Å²) in [5.41, 5.74) is 5.00. The number of likely N-dealkylation sites (N-methyl/N-ethyl adjacent to an activating group) is 1. The summed E-state index contributed by atoms with van der Waals surface area (Å²) in [6, 6.07) is 6.22. The molecule has 0 bridgehead atoms. The maximum absolute atomic E-state index is 13.2. The quantitative estimate of drug-likeness (QED) is 0.566. The number of nitrogens with one attached hydrogen (secondary N) is 1. The predicted molar refractivity (Wildman–Crippen MR) is 139 cm³/mol. The molecule has 1 saturated heterocycles. The van der Waals surface area contributed by atoms with E-state index in [4.69, 9.17) is 9.97 Å². The van der Waals surface area contributed by atoms with Crippen molar-refractivity contribution in [2.24, 2.45) is 0 Å². The average molecular weight is 466 g/mol. The van der Waals surface area contributed by atoms with Gasteiger partial charge >= 0.3 is 0 Å². The summed E-state index contributed by atoms with van der Waals surface area (Å²) >= 11 is 1.45. The lowest BCUT2D eigenvalue weighted by Crippen LogP contribution is -2.46. The number of hydrogen-bond acceptors (Lipinski definition) is 6. The molecule has 1 N–H and O–H groups in total. The van der Waals surface area contributed by atoms with Crippen LogP contribution in [0.25, 0.3) is 10.2 Å². The summed E-state index contributed by atoms with van der Waals surface area (Å²) in [6.07, 6.45) is 0. The molecule has 176 valence electrons. The van der Waals surface area contributed by atoms with E-state index in [0.717, 1.165) is 65.7 Å². The number of rotatable bonds is 4. The average Bonchev–Trinajstić information content (AvgIpc) is 3.10. The van der Waals surface area contributed by atoms with Gasteiger partial charge in [-0.25, -0.2) is 9.97 Å². The normalized spacial score (nSPS) is 15.3. The number of piperazine rings is 1. The molecule has 6 nitrogen and oxygen atoms in total. The van der Waals surface area contributed by atoms with Gasteiger partial charge in [0.2, 0.25) is 0 Å². The number of amides is 1. The molecule has 0 atom stereocenters. The summed E-state index contributed by atoms with van der Waals surface area (Å²) in [5.74, 6) is 0.725. The van der Waals surface area contributed by atoms with Crippen molar-refractivity contribution in [2.45, 2.75) is 53.9 Å². The van der Waals surface area contributed by atoms with Crippen LogP contribution in [0.4, 0.5) is 11.4 Å². The lowest BCUT2D eigenvalue weighted by Gasteiger charge is -2.36. The second-order valence-corrected chi connectivity index (χ2v) is 11.0. The number of fused-ring (bicyclic) bond motifs is 1. The molecule has 0 aliphatic carbocycles. The topological polar surface area (TPSA) is 61.4 Å². The van der Waals surface area contributed by atoms with Gasteiger partial charge in [-0.15, -0.1) is 11.3 Å². The fourth-order valence-corrected chi connectivity index (χ4v) is 5.60. The van der Waals surface area contributed by atoms with Gasteiger partial charge < -0.3 is 15.1 Å².